The molecule has 2 atom stereocenters. The molecular weight excluding hydrogens is 316 g/mol. The Balaban J connectivity index is 1.50. The SMILES string of the molecule is CCCC[C@@H]1CN(Cc2cc(=O)n3[nH]c(C)cc3n2)C[C@H](C2CC2)O1. The van der Waals surface area contributed by atoms with Crippen LogP contribution in [0.4, 0.5) is 0 Å². The van der Waals surface area contributed by atoms with Crippen molar-refractivity contribution in [2.75, 3.05) is 13.1 Å². The van der Waals surface area contributed by atoms with Crippen LogP contribution in [0.1, 0.15) is 50.4 Å². The van der Waals surface area contributed by atoms with Crippen molar-refractivity contribution in [3.05, 3.63) is 33.9 Å². The summed E-state index contributed by atoms with van der Waals surface area (Å²) in [5.41, 5.74) is 2.47. The summed E-state index contributed by atoms with van der Waals surface area (Å²) < 4.78 is 7.85. The summed E-state index contributed by atoms with van der Waals surface area (Å²) in [6.07, 6.45) is 6.82. The fourth-order valence-electron chi connectivity index (χ4n) is 3.87. The Morgan fingerprint density at radius 2 is 2.16 bits per heavy atom. The molecule has 1 saturated heterocycles. The first-order valence-corrected chi connectivity index (χ1v) is 9.58. The monoisotopic (exact) mass is 344 g/mol. The first kappa shape index (κ1) is 16.8. The molecule has 1 aliphatic carbocycles. The van der Waals surface area contributed by atoms with Crippen LogP contribution in [0.2, 0.25) is 0 Å². The third kappa shape index (κ3) is 3.80. The third-order valence-corrected chi connectivity index (χ3v) is 5.31. The molecule has 1 aliphatic heterocycles. The largest absolute Gasteiger partial charge is 0.372 e. The van der Waals surface area contributed by atoms with Gasteiger partial charge in [-0.25, -0.2) is 9.50 Å². The Bertz CT molecular complexity index is 792. The zero-order chi connectivity index (χ0) is 17.4. The second-order valence-electron chi connectivity index (χ2n) is 7.69. The fraction of sp³-hybridized carbons (Fsp3) is 0.684. The van der Waals surface area contributed by atoms with Gasteiger partial charge in [0.1, 0.15) is 0 Å². The molecule has 6 heteroatoms. The van der Waals surface area contributed by atoms with Gasteiger partial charge in [-0.3, -0.25) is 14.8 Å². The van der Waals surface area contributed by atoms with Gasteiger partial charge < -0.3 is 4.74 Å². The number of rotatable bonds is 6. The average Bonchev–Trinajstić information content (AvgIpc) is 3.35. The average molecular weight is 344 g/mol. The number of morpholine rings is 1. The molecule has 1 saturated carbocycles. The zero-order valence-corrected chi connectivity index (χ0v) is 15.2. The van der Waals surface area contributed by atoms with Crippen molar-refractivity contribution >= 4 is 5.65 Å². The smallest absolute Gasteiger partial charge is 0.272 e. The quantitative estimate of drug-likeness (QED) is 0.874. The molecule has 2 aromatic heterocycles. The number of hydrogen-bond acceptors (Lipinski definition) is 4. The Morgan fingerprint density at radius 1 is 1.32 bits per heavy atom. The molecule has 4 rings (SSSR count). The van der Waals surface area contributed by atoms with E-state index in [1.807, 2.05) is 13.0 Å². The lowest BCUT2D eigenvalue weighted by Gasteiger charge is -2.38. The molecule has 0 radical (unpaired) electrons. The van der Waals surface area contributed by atoms with Crippen molar-refractivity contribution in [3.63, 3.8) is 0 Å². The van der Waals surface area contributed by atoms with Gasteiger partial charge >= 0.3 is 0 Å². The van der Waals surface area contributed by atoms with Gasteiger partial charge in [-0.1, -0.05) is 19.8 Å². The molecule has 2 fully saturated rings. The Labute approximate surface area is 148 Å². The molecule has 25 heavy (non-hydrogen) atoms. The van der Waals surface area contributed by atoms with E-state index in [0.29, 0.717) is 17.9 Å². The molecule has 6 nitrogen and oxygen atoms in total. The minimum absolute atomic E-state index is 0.0392. The van der Waals surface area contributed by atoms with Crippen LogP contribution in [0.5, 0.6) is 0 Å². The summed E-state index contributed by atoms with van der Waals surface area (Å²) in [7, 11) is 0. The predicted molar refractivity (Wildman–Crippen MR) is 96.7 cm³/mol. The van der Waals surface area contributed by atoms with E-state index in [1.165, 1.54) is 30.2 Å². The highest BCUT2D eigenvalue weighted by atomic mass is 16.5. The molecule has 0 unspecified atom stereocenters. The van der Waals surface area contributed by atoms with Crippen LogP contribution >= 0.6 is 0 Å². The second kappa shape index (κ2) is 6.92. The Kier molecular flexibility index (Phi) is 4.65. The van der Waals surface area contributed by atoms with Crippen LogP contribution in [-0.2, 0) is 11.3 Å². The van der Waals surface area contributed by atoms with Crippen LogP contribution in [0.25, 0.3) is 5.65 Å². The second-order valence-corrected chi connectivity index (χ2v) is 7.69. The lowest BCUT2D eigenvalue weighted by Crippen LogP contribution is -2.48. The van der Waals surface area contributed by atoms with E-state index >= 15 is 0 Å². The van der Waals surface area contributed by atoms with Crippen LogP contribution < -0.4 is 5.56 Å². The molecule has 0 aromatic carbocycles. The standard InChI is InChI=1S/C19H28N4O2/c1-3-4-5-16-11-22(12-17(25-16)14-6-7-14)10-15-9-19(24)23-18(20-15)8-13(2)21-23/h8-9,14,16-17,21H,3-7,10-12H2,1-2H3/t16-,17-/m1/s1. The van der Waals surface area contributed by atoms with Crippen molar-refractivity contribution in [1.82, 2.24) is 19.5 Å². The molecule has 3 heterocycles. The van der Waals surface area contributed by atoms with E-state index in [1.54, 1.807) is 6.07 Å². The number of aryl methyl sites for hydroxylation is 1. The molecular formula is C19H28N4O2. The highest BCUT2D eigenvalue weighted by Gasteiger charge is 2.38. The van der Waals surface area contributed by atoms with Crippen molar-refractivity contribution in [3.8, 4) is 0 Å². The maximum Gasteiger partial charge on any atom is 0.272 e. The number of ether oxygens (including phenoxy) is 1. The molecule has 2 aliphatic rings. The number of nitrogens with one attached hydrogen (secondary N) is 1. The lowest BCUT2D eigenvalue weighted by atomic mass is 10.1. The van der Waals surface area contributed by atoms with Crippen LogP contribution in [0, 0.1) is 12.8 Å². The van der Waals surface area contributed by atoms with Crippen molar-refractivity contribution in [2.24, 2.45) is 5.92 Å². The molecule has 2 aromatic rings. The van der Waals surface area contributed by atoms with E-state index in [9.17, 15) is 4.79 Å². The van der Waals surface area contributed by atoms with E-state index in [-0.39, 0.29) is 5.56 Å². The van der Waals surface area contributed by atoms with Crippen LogP contribution in [-0.4, -0.2) is 44.8 Å². The zero-order valence-electron chi connectivity index (χ0n) is 15.2. The molecule has 0 bridgehead atoms. The Hall–Kier alpha value is -1.66. The van der Waals surface area contributed by atoms with Gasteiger partial charge in [0.05, 0.1) is 17.9 Å². The minimum atomic E-state index is -0.0392. The normalized spacial score (nSPS) is 24.9. The summed E-state index contributed by atoms with van der Waals surface area (Å²) in [5.74, 6) is 0.736. The number of aromatic nitrogens is 3. The number of hydrogen-bond donors (Lipinski definition) is 1. The number of unbranched alkanes of at least 4 members (excludes halogenated alkanes) is 1. The Morgan fingerprint density at radius 3 is 2.92 bits per heavy atom. The van der Waals surface area contributed by atoms with Crippen LogP contribution in [0.15, 0.2) is 16.9 Å². The summed E-state index contributed by atoms with van der Waals surface area (Å²) in [6, 6.07) is 3.58. The van der Waals surface area contributed by atoms with E-state index in [0.717, 1.165) is 43.4 Å². The van der Waals surface area contributed by atoms with Gasteiger partial charge in [0.15, 0.2) is 5.65 Å². The minimum Gasteiger partial charge on any atom is -0.372 e. The summed E-state index contributed by atoms with van der Waals surface area (Å²) in [6.45, 7) is 6.79. The fourth-order valence-corrected chi connectivity index (χ4v) is 3.87. The van der Waals surface area contributed by atoms with Crippen molar-refractivity contribution in [1.29, 1.82) is 0 Å². The maximum atomic E-state index is 12.3. The summed E-state index contributed by atoms with van der Waals surface area (Å²) >= 11 is 0. The summed E-state index contributed by atoms with van der Waals surface area (Å²) in [5, 5.41) is 3.03. The molecule has 1 N–H and O–H groups in total. The van der Waals surface area contributed by atoms with Gasteiger partial charge in [0.2, 0.25) is 0 Å². The first-order valence-electron chi connectivity index (χ1n) is 9.58. The highest BCUT2D eigenvalue weighted by molar-refractivity contribution is 5.39. The van der Waals surface area contributed by atoms with E-state index < -0.39 is 0 Å². The van der Waals surface area contributed by atoms with Gasteiger partial charge in [0, 0.05) is 37.5 Å². The van der Waals surface area contributed by atoms with Crippen LogP contribution in [0.3, 0.4) is 0 Å². The third-order valence-electron chi connectivity index (χ3n) is 5.31. The van der Waals surface area contributed by atoms with Gasteiger partial charge in [-0.15, -0.1) is 0 Å². The number of aromatic amines is 1. The van der Waals surface area contributed by atoms with E-state index in [2.05, 4.69) is 21.9 Å². The molecule has 0 amide bonds. The van der Waals surface area contributed by atoms with Crippen molar-refractivity contribution in [2.45, 2.75) is 64.7 Å². The highest BCUT2D eigenvalue weighted by Crippen LogP contribution is 2.37. The topological polar surface area (TPSA) is 62.6 Å². The van der Waals surface area contributed by atoms with Gasteiger partial charge in [-0.2, -0.15) is 0 Å². The molecule has 0 spiro atoms. The van der Waals surface area contributed by atoms with Gasteiger partial charge in [-0.05, 0) is 32.1 Å². The van der Waals surface area contributed by atoms with Crippen molar-refractivity contribution < 1.29 is 4.74 Å². The number of nitrogens with zero attached hydrogens (tertiary/aromatic N) is 3. The number of fused-ring (bicyclic) bond motifs is 1. The predicted octanol–water partition coefficient (Wildman–Crippen LogP) is 2.50. The first-order chi connectivity index (χ1) is 12.1. The van der Waals surface area contributed by atoms with E-state index in [4.69, 9.17) is 4.74 Å². The summed E-state index contributed by atoms with van der Waals surface area (Å²) in [4.78, 5) is 19.4. The number of H-pyrrole nitrogens is 1. The lowest BCUT2D eigenvalue weighted by molar-refractivity contribution is -0.0995. The van der Waals surface area contributed by atoms with Gasteiger partial charge in [0.25, 0.3) is 5.56 Å². The molecule has 136 valence electrons. The maximum absolute atomic E-state index is 12.3.